The molecular formula is C19H27NO3. The summed E-state index contributed by atoms with van der Waals surface area (Å²) in [7, 11) is 0. The second-order valence-electron chi connectivity index (χ2n) is 6.68. The largest absolute Gasteiger partial charge is 0.478 e. The van der Waals surface area contributed by atoms with E-state index in [-0.39, 0.29) is 5.91 Å². The van der Waals surface area contributed by atoms with Crippen LogP contribution in [0.15, 0.2) is 24.3 Å². The van der Waals surface area contributed by atoms with Crippen LogP contribution in [0.25, 0.3) is 0 Å². The Bertz CT molecular complexity index is 518. The summed E-state index contributed by atoms with van der Waals surface area (Å²) in [6, 6.07) is 6.82. The summed E-state index contributed by atoms with van der Waals surface area (Å²) in [6.07, 6.45) is 7.84. The minimum absolute atomic E-state index is 0.130. The maximum atomic E-state index is 12.0. The quantitative estimate of drug-likeness (QED) is 0.806. The summed E-state index contributed by atoms with van der Waals surface area (Å²) in [5.41, 5.74) is 1.33. The van der Waals surface area contributed by atoms with Gasteiger partial charge in [0.05, 0.1) is 5.56 Å². The molecule has 1 aromatic carbocycles. The van der Waals surface area contributed by atoms with Gasteiger partial charge in [0.1, 0.15) is 0 Å². The van der Waals surface area contributed by atoms with Crippen LogP contribution in [0.5, 0.6) is 0 Å². The molecule has 126 valence electrons. The molecule has 0 aromatic heterocycles. The van der Waals surface area contributed by atoms with Crippen molar-refractivity contribution in [2.24, 2.45) is 11.8 Å². The number of nitrogens with one attached hydrogen (secondary N) is 1. The fraction of sp³-hybridized carbons (Fsp3) is 0.579. The van der Waals surface area contributed by atoms with E-state index in [2.05, 4.69) is 12.2 Å². The number of carbonyl (C=O) groups is 2. The van der Waals surface area contributed by atoms with Gasteiger partial charge in [-0.05, 0) is 36.0 Å². The molecule has 23 heavy (non-hydrogen) atoms. The Hall–Kier alpha value is -1.84. The molecule has 1 aliphatic rings. The van der Waals surface area contributed by atoms with Crippen LogP contribution in [-0.4, -0.2) is 23.5 Å². The highest BCUT2D eigenvalue weighted by Crippen LogP contribution is 2.31. The molecule has 0 radical (unpaired) electrons. The number of benzene rings is 1. The summed E-state index contributed by atoms with van der Waals surface area (Å²) >= 11 is 0. The van der Waals surface area contributed by atoms with E-state index in [1.165, 1.54) is 32.1 Å². The number of carboxylic acids is 1. The van der Waals surface area contributed by atoms with Crippen molar-refractivity contribution in [1.82, 2.24) is 5.32 Å². The second kappa shape index (κ2) is 8.70. The maximum absolute atomic E-state index is 12.0. The first kappa shape index (κ1) is 17.5. The lowest BCUT2D eigenvalue weighted by atomic mass is 9.79. The van der Waals surface area contributed by atoms with Crippen molar-refractivity contribution in [3.05, 3.63) is 35.4 Å². The molecule has 1 aliphatic carbocycles. The molecule has 2 N–H and O–H groups in total. The van der Waals surface area contributed by atoms with Crippen LogP contribution >= 0.6 is 0 Å². The molecule has 1 fully saturated rings. The predicted octanol–water partition coefficient (Wildman–Crippen LogP) is 3.65. The Balaban J connectivity index is 1.68. The lowest BCUT2D eigenvalue weighted by Gasteiger charge is -2.27. The molecule has 0 spiro atoms. The zero-order chi connectivity index (χ0) is 16.7. The Morgan fingerprint density at radius 3 is 2.43 bits per heavy atom. The van der Waals surface area contributed by atoms with Crippen molar-refractivity contribution < 1.29 is 14.7 Å². The standard InChI is InChI=1S/C19H27NO3/c1-14(16-5-3-2-4-6-16)13-18(21)20-12-11-15-7-9-17(10-8-15)19(22)23/h7-10,14,16H,2-6,11-13H2,1H3,(H,20,21)(H,22,23)/t14-/m1/s1. The number of aromatic carboxylic acids is 1. The molecule has 4 nitrogen and oxygen atoms in total. The Morgan fingerprint density at radius 1 is 1.17 bits per heavy atom. The van der Waals surface area contributed by atoms with Gasteiger partial charge in [0.25, 0.3) is 0 Å². The van der Waals surface area contributed by atoms with Gasteiger partial charge in [-0.15, -0.1) is 0 Å². The predicted molar refractivity (Wildman–Crippen MR) is 90.5 cm³/mol. The van der Waals surface area contributed by atoms with E-state index in [4.69, 9.17) is 5.11 Å². The van der Waals surface area contributed by atoms with Gasteiger partial charge in [-0.2, -0.15) is 0 Å². The van der Waals surface area contributed by atoms with E-state index in [1.807, 2.05) is 0 Å². The highest BCUT2D eigenvalue weighted by atomic mass is 16.4. The first-order valence-electron chi connectivity index (χ1n) is 8.65. The van der Waals surface area contributed by atoms with Gasteiger partial charge in [0, 0.05) is 13.0 Å². The second-order valence-corrected chi connectivity index (χ2v) is 6.68. The van der Waals surface area contributed by atoms with E-state index >= 15 is 0 Å². The van der Waals surface area contributed by atoms with Crippen molar-refractivity contribution in [1.29, 1.82) is 0 Å². The monoisotopic (exact) mass is 317 g/mol. The number of hydrogen-bond acceptors (Lipinski definition) is 2. The van der Waals surface area contributed by atoms with Crippen LogP contribution in [0, 0.1) is 11.8 Å². The summed E-state index contributed by atoms with van der Waals surface area (Å²) in [5, 5.41) is 11.8. The van der Waals surface area contributed by atoms with Crippen LogP contribution in [0.3, 0.4) is 0 Å². The van der Waals surface area contributed by atoms with Gasteiger partial charge in [-0.3, -0.25) is 4.79 Å². The number of carbonyl (C=O) groups excluding carboxylic acids is 1. The van der Waals surface area contributed by atoms with Gasteiger partial charge in [-0.25, -0.2) is 4.79 Å². The molecule has 1 aromatic rings. The topological polar surface area (TPSA) is 66.4 Å². The van der Waals surface area contributed by atoms with Gasteiger partial charge >= 0.3 is 5.97 Å². The molecule has 0 aliphatic heterocycles. The average Bonchev–Trinajstić information content (AvgIpc) is 2.56. The first-order valence-corrected chi connectivity index (χ1v) is 8.65. The first-order chi connectivity index (χ1) is 11.1. The Morgan fingerprint density at radius 2 is 1.83 bits per heavy atom. The Labute approximate surface area is 138 Å². The molecule has 1 saturated carbocycles. The number of amides is 1. The van der Waals surface area contributed by atoms with E-state index in [0.717, 1.165) is 12.0 Å². The smallest absolute Gasteiger partial charge is 0.335 e. The fourth-order valence-corrected chi connectivity index (χ4v) is 3.39. The summed E-state index contributed by atoms with van der Waals surface area (Å²) in [6.45, 7) is 2.79. The van der Waals surface area contributed by atoms with E-state index in [9.17, 15) is 9.59 Å². The summed E-state index contributed by atoms with van der Waals surface area (Å²) in [5.74, 6) is 0.384. The van der Waals surface area contributed by atoms with Crippen molar-refractivity contribution in [2.75, 3.05) is 6.54 Å². The molecule has 0 bridgehead atoms. The molecule has 0 saturated heterocycles. The van der Waals surface area contributed by atoms with E-state index in [0.29, 0.717) is 30.4 Å². The third-order valence-electron chi connectivity index (χ3n) is 4.90. The molecular weight excluding hydrogens is 290 g/mol. The maximum Gasteiger partial charge on any atom is 0.335 e. The fourth-order valence-electron chi connectivity index (χ4n) is 3.39. The van der Waals surface area contributed by atoms with E-state index in [1.54, 1.807) is 24.3 Å². The van der Waals surface area contributed by atoms with Gasteiger partial charge in [0.2, 0.25) is 5.91 Å². The van der Waals surface area contributed by atoms with Gasteiger partial charge < -0.3 is 10.4 Å². The van der Waals surface area contributed by atoms with Crippen molar-refractivity contribution in [3.8, 4) is 0 Å². The van der Waals surface area contributed by atoms with Crippen LogP contribution in [0.4, 0.5) is 0 Å². The average molecular weight is 317 g/mol. The minimum Gasteiger partial charge on any atom is -0.478 e. The van der Waals surface area contributed by atoms with E-state index < -0.39 is 5.97 Å². The summed E-state index contributed by atoms with van der Waals surface area (Å²) < 4.78 is 0. The third kappa shape index (κ3) is 5.70. The summed E-state index contributed by atoms with van der Waals surface area (Å²) in [4.78, 5) is 22.8. The van der Waals surface area contributed by atoms with Crippen molar-refractivity contribution in [2.45, 2.75) is 51.9 Å². The Kier molecular flexibility index (Phi) is 6.63. The highest BCUT2D eigenvalue weighted by Gasteiger charge is 2.21. The van der Waals surface area contributed by atoms with Gasteiger partial charge in [-0.1, -0.05) is 51.2 Å². The van der Waals surface area contributed by atoms with Crippen LogP contribution in [0.2, 0.25) is 0 Å². The van der Waals surface area contributed by atoms with Gasteiger partial charge in [0.15, 0.2) is 0 Å². The third-order valence-corrected chi connectivity index (χ3v) is 4.90. The lowest BCUT2D eigenvalue weighted by molar-refractivity contribution is -0.122. The van der Waals surface area contributed by atoms with Crippen LogP contribution in [-0.2, 0) is 11.2 Å². The highest BCUT2D eigenvalue weighted by molar-refractivity contribution is 5.87. The lowest BCUT2D eigenvalue weighted by Crippen LogP contribution is -2.29. The molecule has 2 rings (SSSR count). The normalized spacial score (nSPS) is 16.7. The molecule has 4 heteroatoms. The van der Waals surface area contributed by atoms with Crippen molar-refractivity contribution in [3.63, 3.8) is 0 Å². The molecule has 0 heterocycles. The minimum atomic E-state index is -0.915. The number of carboxylic acid groups (broad SMARTS) is 1. The zero-order valence-corrected chi connectivity index (χ0v) is 13.9. The van der Waals surface area contributed by atoms with Crippen LogP contribution in [0.1, 0.15) is 61.4 Å². The SMILES string of the molecule is C[C@H](CC(=O)NCCc1ccc(C(=O)O)cc1)C1CCCCC1. The molecule has 1 atom stereocenters. The molecule has 0 unspecified atom stereocenters. The molecule has 1 amide bonds. The van der Waals surface area contributed by atoms with Crippen molar-refractivity contribution >= 4 is 11.9 Å². The number of hydrogen-bond donors (Lipinski definition) is 2. The van der Waals surface area contributed by atoms with Crippen LogP contribution < -0.4 is 5.32 Å². The zero-order valence-electron chi connectivity index (χ0n) is 13.9. The number of rotatable bonds is 7.